The zero-order chi connectivity index (χ0) is 20.1. The molecular weight excluding hydrogens is 376 g/mol. The summed E-state index contributed by atoms with van der Waals surface area (Å²) in [5, 5.41) is 7.90. The lowest BCUT2D eigenvalue weighted by molar-refractivity contribution is 0.127. The Balaban J connectivity index is 1.52. The van der Waals surface area contributed by atoms with E-state index in [0.717, 1.165) is 11.1 Å². The Morgan fingerprint density at radius 2 is 2.03 bits per heavy atom. The van der Waals surface area contributed by atoms with Gasteiger partial charge < -0.3 is 9.88 Å². The average molecular weight is 397 g/mol. The number of alkyl halides is 2. The van der Waals surface area contributed by atoms with Crippen molar-refractivity contribution >= 4 is 22.6 Å². The first-order chi connectivity index (χ1) is 14.0. The maximum Gasteiger partial charge on any atom is 0.256 e. The maximum absolute atomic E-state index is 13.0. The van der Waals surface area contributed by atoms with E-state index in [0.29, 0.717) is 40.6 Å². The van der Waals surface area contributed by atoms with Gasteiger partial charge in [0, 0.05) is 17.8 Å². The van der Waals surface area contributed by atoms with Crippen molar-refractivity contribution in [3.8, 4) is 11.3 Å². The normalized spacial score (nSPS) is 15.5. The van der Waals surface area contributed by atoms with E-state index in [2.05, 4.69) is 32.3 Å². The molecule has 4 heterocycles. The number of nitrogens with zero attached hydrogens (tertiary/aromatic N) is 6. The minimum Gasteiger partial charge on any atom is -0.350 e. The Kier molecular flexibility index (Phi) is 4.18. The lowest BCUT2D eigenvalue weighted by atomic mass is 10.2. The predicted octanol–water partition coefficient (Wildman–Crippen LogP) is 3.92. The van der Waals surface area contributed by atoms with E-state index in [1.54, 1.807) is 17.6 Å². The van der Waals surface area contributed by atoms with Crippen LogP contribution in [0.3, 0.4) is 0 Å². The van der Waals surface area contributed by atoms with Crippen molar-refractivity contribution < 1.29 is 8.78 Å². The largest absolute Gasteiger partial charge is 0.350 e. The van der Waals surface area contributed by atoms with Crippen LogP contribution in [-0.2, 0) is 6.54 Å². The van der Waals surface area contributed by atoms with Gasteiger partial charge in [-0.2, -0.15) is 0 Å². The number of aryl methyl sites for hydroxylation is 1. The first-order valence-corrected chi connectivity index (χ1v) is 9.73. The second-order valence-corrected chi connectivity index (χ2v) is 7.61. The smallest absolute Gasteiger partial charge is 0.256 e. The molecule has 4 aromatic heterocycles. The summed E-state index contributed by atoms with van der Waals surface area (Å²) in [6.45, 7) is 3.44. The lowest BCUT2D eigenvalue weighted by Crippen LogP contribution is -2.19. The van der Waals surface area contributed by atoms with E-state index in [1.807, 2.05) is 24.4 Å². The molecule has 1 aliphatic carbocycles. The summed E-state index contributed by atoms with van der Waals surface area (Å²) < 4.78 is 29.2. The van der Waals surface area contributed by atoms with Crippen LogP contribution in [0.5, 0.6) is 0 Å². The Hall–Kier alpha value is -3.10. The molecule has 150 valence electrons. The summed E-state index contributed by atoms with van der Waals surface area (Å²) >= 11 is 0. The quantitative estimate of drug-likeness (QED) is 0.534. The van der Waals surface area contributed by atoms with Crippen LogP contribution in [0.1, 0.15) is 25.6 Å². The molecule has 0 unspecified atom stereocenters. The van der Waals surface area contributed by atoms with E-state index in [9.17, 15) is 8.78 Å². The van der Waals surface area contributed by atoms with Gasteiger partial charge in [-0.05, 0) is 50.8 Å². The SMILES string of the molecule is Cc1nc2ccc(-c3ccn4nc(N[C@H](C)C5CC5)ncc34)nc2n1CC(F)F. The van der Waals surface area contributed by atoms with Crippen molar-refractivity contribution in [2.75, 3.05) is 5.32 Å². The fourth-order valence-electron chi connectivity index (χ4n) is 3.72. The van der Waals surface area contributed by atoms with E-state index >= 15 is 0 Å². The Bertz CT molecular complexity index is 1190. The van der Waals surface area contributed by atoms with Crippen molar-refractivity contribution in [3.63, 3.8) is 0 Å². The summed E-state index contributed by atoms with van der Waals surface area (Å²) in [6.07, 6.45) is 3.65. The van der Waals surface area contributed by atoms with Gasteiger partial charge in [0.2, 0.25) is 5.95 Å². The molecule has 0 saturated heterocycles. The fourth-order valence-corrected chi connectivity index (χ4v) is 3.72. The van der Waals surface area contributed by atoms with Crippen LogP contribution in [0.25, 0.3) is 27.9 Å². The van der Waals surface area contributed by atoms with E-state index in [-0.39, 0.29) is 0 Å². The highest BCUT2D eigenvalue weighted by atomic mass is 19.3. The third-order valence-corrected chi connectivity index (χ3v) is 5.48. The number of hydrogen-bond acceptors (Lipinski definition) is 5. The molecule has 5 rings (SSSR count). The minimum absolute atomic E-state index is 0.352. The fraction of sp³-hybridized carbons (Fsp3) is 0.400. The van der Waals surface area contributed by atoms with Crippen LogP contribution < -0.4 is 5.32 Å². The third-order valence-electron chi connectivity index (χ3n) is 5.48. The predicted molar refractivity (Wildman–Crippen MR) is 106 cm³/mol. The maximum atomic E-state index is 13.0. The molecule has 1 fully saturated rings. The molecule has 0 bridgehead atoms. The van der Waals surface area contributed by atoms with Gasteiger partial charge in [-0.15, -0.1) is 5.10 Å². The molecule has 0 aromatic carbocycles. The van der Waals surface area contributed by atoms with Gasteiger partial charge in [-0.3, -0.25) is 0 Å². The summed E-state index contributed by atoms with van der Waals surface area (Å²) in [4.78, 5) is 13.4. The topological polar surface area (TPSA) is 72.9 Å². The zero-order valence-electron chi connectivity index (χ0n) is 16.2. The number of hydrogen-bond donors (Lipinski definition) is 1. The first-order valence-electron chi connectivity index (χ1n) is 9.73. The van der Waals surface area contributed by atoms with E-state index in [4.69, 9.17) is 0 Å². The number of pyridine rings is 1. The molecule has 0 radical (unpaired) electrons. The van der Waals surface area contributed by atoms with Crippen molar-refractivity contribution in [1.29, 1.82) is 0 Å². The number of imidazole rings is 1. The molecule has 7 nitrogen and oxygen atoms in total. The monoisotopic (exact) mass is 397 g/mol. The third kappa shape index (κ3) is 3.30. The first kappa shape index (κ1) is 18.0. The number of nitrogens with one attached hydrogen (secondary N) is 1. The Labute approximate surface area is 165 Å². The van der Waals surface area contributed by atoms with Crippen LogP contribution in [0, 0.1) is 12.8 Å². The molecular formula is C20H21F2N7. The zero-order valence-corrected chi connectivity index (χ0v) is 16.2. The highest BCUT2D eigenvalue weighted by molar-refractivity contribution is 5.82. The van der Waals surface area contributed by atoms with Crippen LogP contribution >= 0.6 is 0 Å². The summed E-state index contributed by atoms with van der Waals surface area (Å²) in [6, 6.07) is 5.92. The highest BCUT2D eigenvalue weighted by Gasteiger charge is 2.28. The lowest BCUT2D eigenvalue weighted by Gasteiger charge is -2.12. The molecule has 1 atom stereocenters. The van der Waals surface area contributed by atoms with Crippen molar-refractivity contribution in [3.05, 3.63) is 36.4 Å². The van der Waals surface area contributed by atoms with Gasteiger partial charge in [0.25, 0.3) is 6.43 Å². The van der Waals surface area contributed by atoms with Crippen LogP contribution in [0.2, 0.25) is 0 Å². The van der Waals surface area contributed by atoms with Gasteiger partial charge in [-0.1, -0.05) is 0 Å². The molecule has 9 heteroatoms. The van der Waals surface area contributed by atoms with E-state index in [1.165, 1.54) is 17.4 Å². The summed E-state index contributed by atoms with van der Waals surface area (Å²) in [5.74, 6) is 1.82. The van der Waals surface area contributed by atoms with Gasteiger partial charge >= 0.3 is 0 Å². The van der Waals surface area contributed by atoms with Crippen LogP contribution in [0.4, 0.5) is 14.7 Å². The average Bonchev–Trinajstić information content (AvgIpc) is 3.40. The molecule has 1 N–H and O–H groups in total. The summed E-state index contributed by atoms with van der Waals surface area (Å²) in [5.41, 5.74) is 3.38. The van der Waals surface area contributed by atoms with Gasteiger partial charge in [0.05, 0.1) is 24.0 Å². The number of anilines is 1. The van der Waals surface area contributed by atoms with Crippen molar-refractivity contribution in [2.45, 2.75) is 45.7 Å². The highest BCUT2D eigenvalue weighted by Crippen LogP contribution is 2.33. The minimum atomic E-state index is -2.47. The van der Waals surface area contributed by atoms with Crippen LogP contribution in [-0.4, -0.2) is 41.6 Å². The van der Waals surface area contributed by atoms with Gasteiger partial charge in [-0.25, -0.2) is 28.2 Å². The number of halogens is 2. The second-order valence-electron chi connectivity index (χ2n) is 7.61. The Morgan fingerprint density at radius 1 is 1.21 bits per heavy atom. The van der Waals surface area contributed by atoms with E-state index < -0.39 is 13.0 Å². The number of rotatable bonds is 6. The molecule has 0 amide bonds. The van der Waals surface area contributed by atoms with Crippen LogP contribution in [0.15, 0.2) is 30.6 Å². The Morgan fingerprint density at radius 3 is 2.79 bits per heavy atom. The molecule has 29 heavy (non-hydrogen) atoms. The molecule has 1 saturated carbocycles. The standard InChI is InChI=1S/C20H21F2N7/c1-11(13-3-4-13)24-20-23-9-17-14(7-8-29(17)27-20)15-5-6-16-19(26-15)28(10-18(21)22)12(2)25-16/h5-9,11,13,18H,3-4,10H2,1-2H3,(H,24,27)/t11-/m1/s1. The van der Waals surface area contributed by atoms with Crippen molar-refractivity contribution in [1.82, 2.24) is 29.1 Å². The molecule has 4 aromatic rings. The second kappa shape index (κ2) is 6.75. The summed E-state index contributed by atoms with van der Waals surface area (Å²) in [7, 11) is 0. The molecule has 0 spiro atoms. The molecule has 1 aliphatic rings. The molecule has 0 aliphatic heterocycles. The number of fused-ring (bicyclic) bond motifs is 2. The van der Waals surface area contributed by atoms with Crippen molar-refractivity contribution in [2.24, 2.45) is 5.92 Å². The number of aromatic nitrogens is 6. The van der Waals surface area contributed by atoms with Gasteiger partial charge in [0.1, 0.15) is 11.3 Å². The van der Waals surface area contributed by atoms with Gasteiger partial charge in [0.15, 0.2) is 5.65 Å².